The summed E-state index contributed by atoms with van der Waals surface area (Å²) in [4.78, 5) is 0.00169. The zero-order valence-corrected chi connectivity index (χ0v) is 12.7. The Kier molecular flexibility index (Phi) is 4.95. The predicted molar refractivity (Wildman–Crippen MR) is 73.2 cm³/mol. The molecule has 1 N–H and O–H groups in total. The standard InChI is InChI=1S/C8H12O3S.C5H10O2/c1-8(2)5-3-7(4-6-8)12(9,10)11;1-5(2)6-3-4-7-5/h3-5H,6H2,1-2H3,(H,9,10,11);3-4H2,1-2H3. The Labute approximate surface area is 115 Å². The van der Waals surface area contributed by atoms with E-state index in [0.717, 1.165) is 13.2 Å². The Morgan fingerprint density at radius 3 is 1.95 bits per heavy atom. The van der Waals surface area contributed by atoms with Crippen molar-refractivity contribution >= 4 is 10.1 Å². The van der Waals surface area contributed by atoms with Gasteiger partial charge in [0.05, 0.1) is 18.1 Å². The van der Waals surface area contributed by atoms with Crippen LogP contribution in [0.15, 0.2) is 23.1 Å². The summed E-state index contributed by atoms with van der Waals surface area (Å²) in [5, 5.41) is 0. The van der Waals surface area contributed by atoms with Gasteiger partial charge in [-0.1, -0.05) is 26.0 Å². The van der Waals surface area contributed by atoms with Crippen molar-refractivity contribution in [1.82, 2.24) is 0 Å². The number of hydrogen-bond donors (Lipinski definition) is 1. The van der Waals surface area contributed by atoms with Crippen LogP contribution >= 0.6 is 0 Å². The Morgan fingerprint density at radius 1 is 1.16 bits per heavy atom. The van der Waals surface area contributed by atoms with Crippen molar-refractivity contribution < 1.29 is 22.4 Å². The van der Waals surface area contributed by atoms with E-state index < -0.39 is 10.1 Å². The molecule has 5 nitrogen and oxygen atoms in total. The maximum absolute atomic E-state index is 10.6. The van der Waals surface area contributed by atoms with Gasteiger partial charge in [-0.2, -0.15) is 8.42 Å². The molecule has 0 spiro atoms. The average molecular weight is 290 g/mol. The van der Waals surface area contributed by atoms with Gasteiger partial charge in [0.15, 0.2) is 5.79 Å². The quantitative estimate of drug-likeness (QED) is 0.751. The van der Waals surface area contributed by atoms with E-state index in [1.807, 2.05) is 27.7 Å². The Balaban J connectivity index is 0.000000218. The van der Waals surface area contributed by atoms with E-state index in [9.17, 15) is 8.42 Å². The fourth-order valence-corrected chi connectivity index (χ4v) is 2.15. The minimum Gasteiger partial charge on any atom is -0.348 e. The molecule has 0 aromatic rings. The fraction of sp³-hybridized carbons (Fsp3) is 0.692. The third kappa shape index (κ3) is 5.86. The van der Waals surface area contributed by atoms with Crippen LogP contribution in [0.1, 0.15) is 34.1 Å². The predicted octanol–water partition coefficient (Wildman–Crippen LogP) is 2.51. The molecular formula is C13H22O5S. The number of allylic oxidation sites excluding steroid dienone is 3. The molecule has 0 radical (unpaired) electrons. The second-order valence-electron chi connectivity index (χ2n) is 5.70. The van der Waals surface area contributed by atoms with E-state index in [1.54, 1.807) is 6.08 Å². The van der Waals surface area contributed by atoms with E-state index >= 15 is 0 Å². The molecule has 1 aliphatic carbocycles. The first-order valence-electron chi connectivity index (χ1n) is 6.17. The maximum Gasteiger partial charge on any atom is 0.294 e. The van der Waals surface area contributed by atoms with Crippen LogP contribution in [0.2, 0.25) is 0 Å². The smallest absolute Gasteiger partial charge is 0.294 e. The highest BCUT2D eigenvalue weighted by Gasteiger charge is 2.23. The van der Waals surface area contributed by atoms with Crippen molar-refractivity contribution in [2.75, 3.05) is 13.2 Å². The van der Waals surface area contributed by atoms with Gasteiger partial charge in [-0.05, 0) is 31.8 Å². The van der Waals surface area contributed by atoms with Gasteiger partial charge >= 0.3 is 0 Å². The molecule has 2 aliphatic rings. The zero-order valence-electron chi connectivity index (χ0n) is 11.8. The van der Waals surface area contributed by atoms with Crippen LogP contribution in [0.3, 0.4) is 0 Å². The monoisotopic (exact) mass is 290 g/mol. The lowest BCUT2D eigenvalue weighted by molar-refractivity contribution is -0.125. The molecule has 0 atom stereocenters. The van der Waals surface area contributed by atoms with E-state index in [4.69, 9.17) is 14.0 Å². The highest BCUT2D eigenvalue weighted by molar-refractivity contribution is 7.90. The van der Waals surface area contributed by atoms with Gasteiger partial charge < -0.3 is 9.47 Å². The third-order valence-electron chi connectivity index (χ3n) is 2.81. The van der Waals surface area contributed by atoms with Gasteiger partial charge in [-0.25, -0.2) is 0 Å². The van der Waals surface area contributed by atoms with Gasteiger partial charge in [0.25, 0.3) is 10.1 Å². The molecule has 19 heavy (non-hydrogen) atoms. The second kappa shape index (κ2) is 5.75. The van der Waals surface area contributed by atoms with Crippen LogP contribution in [0.25, 0.3) is 0 Å². The Bertz CT molecular complexity index is 463. The summed E-state index contributed by atoms with van der Waals surface area (Å²) in [6.07, 6.45) is 5.41. The minimum atomic E-state index is -4.00. The average Bonchev–Trinajstić information content (AvgIpc) is 2.61. The summed E-state index contributed by atoms with van der Waals surface area (Å²) >= 11 is 0. The first-order chi connectivity index (χ1) is 8.52. The van der Waals surface area contributed by atoms with Crippen molar-refractivity contribution in [3.63, 3.8) is 0 Å². The fourth-order valence-electron chi connectivity index (χ4n) is 1.62. The Hall–Kier alpha value is -0.690. The molecule has 0 aromatic carbocycles. The topological polar surface area (TPSA) is 72.8 Å². The van der Waals surface area contributed by atoms with Crippen molar-refractivity contribution in [3.05, 3.63) is 23.1 Å². The number of hydrogen-bond acceptors (Lipinski definition) is 4. The first-order valence-corrected chi connectivity index (χ1v) is 7.61. The number of ether oxygens (including phenoxy) is 2. The summed E-state index contributed by atoms with van der Waals surface area (Å²) in [5.74, 6) is -0.306. The largest absolute Gasteiger partial charge is 0.348 e. The van der Waals surface area contributed by atoms with Crippen LogP contribution in [-0.4, -0.2) is 32.0 Å². The molecule has 2 rings (SSSR count). The van der Waals surface area contributed by atoms with Gasteiger partial charge in [-0.15, -0.1) is 0 Å². The highest BCUT2D eigenvalue weighted by Crippen LogP contribution is 2.29. The molecule has 1 heterocycles. The summed E-state index contributed by atoms with van der Waals surface area (Å²) < 4.78 is 40.2. The lowest BCUT2D eigenvalue weighted by Gasteiger charge is -2.21. The van der Waals surface area contributed by atoms with Gasteiger partial charge in [0.1, 0.15) is 0 Å². The van der Waals surface area contributed by atoms with Crippen LogP contribution in [0.5, 0.6) is 0 Å². The molecule has 1 saturated heterocycles. The molecule has 0 aromatic heterocycles. The van der Waals surface area contributed by atoms with Crippen LogP contribution in [-0.2, 0) is 19.6 Å². The molecule has 6 heteroatoms. The van der Waals surface area contributed by atoms with Gasteiger partial charge in [0.2, 0.25) is 0 Å². The summed E-state index contributed by atoms with van der Waals surface area (Å²) in [7, 11) is -4.00. The molecule has 0 saturated carbocycles. The Morgan fingerprint density at radius 2 is 1.68 bits per heavy atom. The summed E-state index contributed by atoms with van der Waals surface area (Å²) in [5.41, 5.74) is -0.00576. The van der Waals surface area contributed by atoms with E-state index in [0.29, 0.717) is 6.42 Å². The molecule has 0 amide bonds. The lowest BCUT2D eigenvalue weighted by Crippen LogP contribution is -2.18. The van der Waals surface area contributed by atoms with Crippen LogP contribution in [0, 0.1) is 5.41 Å². The maximum atomic E-state index is 10.6. The van der Waals surface area contributed by atoms with Crippen molar-refractivity contribution in [2.45, 2.75) is 39.9 Å². The van der Waals surface area contributed by atoms with Gasteiger partial charge in [0, 0.05) is 0 Å². The van der Waals surface area contributed by atoms with Crippen LogP contribution < -0.4 is 0 Å². The summed E-state index contributed by atoms with van der Waals surface area (Å²) in [6, 6.07) is 0. The minimum absolute atomic E-state index is 0.00169. The highest BCUT2D eigenvalue weighted by atomic mass is 32.2. The number of rotatable bonds is 1. The molecule has 0 unspecified atom stereocenters. The van der Waals surface area contributed by atoms with Crippen molar-refractivity contribution in [2.24, 2.45) is 5.41 Å². The summed E-state index contributed by atoms with van der Waals surface area (Å²) in [6.45, 7) is 9.32. The molecule has 1 aliphatic heterocycles. The second-order valence-corrected chi connectivity index (χ2v) is 7.13. The van der Waals surface area contributed by atoms with E-state index in [-0.39, 0.29) is 16.1 Å². The van der Waals surface area contributed by atoms with Crippen LogP contribution in [0.4, 0.5) is 0 Å². The van der Waals surface area contributed by atoms with Gasteiger partial charge in [-0.3, -0.25) is 4.55 Å². The zero-order chi connectivity index (χ0) is 14.7. The first kappa shape index (κ1) is 16.4. The molecule has 0 bridgehead atoms. The normalized spacial score (nSPS) is 24.4. The van der Waals surface area contributed by atoms with Crippen molar-refractivity contribution in [3.8, 4) is 0 Å². The SMILES string of the molecule is CC1(C)C=CC(S(=O)(=O)O)=CC1.CC1(C)OCCO1. The molecule has 1 fully saturated rings. The molecular weight excluding hydrogens is 268 g/mol. The molecule has 110 valence electrons. The van der Waals surface area contributed by atoms with E-state index in [2.05, 4.69) is 0 Å². The third-order valence-corrected chi connectivity index (χ3v) is 3.71. The van der Waals surface area contributed by atoms with E-state index in [1.165, 1.54) is 12.2 Å². The lowest BCUT2D eigenvalue weighted by atomic mass is 9.86. The van der Waals surface area contributed by atoms with Crippen molar-refractivity contribution in [1.29, 1.82) is 0 Å².